The van der Waals surface area contributed by atoms with Crippen LogP contribution in [0.4, 0.5) is 4.39 Å². The molecule has 1 heterocycles. The minimum atomic E-state index is -0.288. The molecule has 0 radical (unpaired) electrons. The van der Waals surface area contributed by atoms with Crippen LogP contribution in [0.1, 0.15) is 12.0 Å². The first-order chi connectivity index (χ1) is 9.74. The lowest BCUT2D eigenvalue weighted by molar-refractivity contribution is -0.121. The topological polar surface area (TPSA) is 51.2 Å². The highest BCUT2D eigenvalue weighted by Gasteiger charge is 2.02. The Morgan fingerprint density at radius 2 is 2.00 bits per heavy atom. The fourth-order valence-corrected chi connectivity index (χ4v) is 1.57. The van der Waals surface area contributed by atoms with Gasteiger partial charge in [0.15, 0.2) is 0 Å². The number of hydrogen-bond acceptors (Lipinski definition) is 3. The Morgan fingerprint density at radius 1 is 1.20 bits per heavy atom. The van der Waals surface area contributed by atoms with Gasteiger partial charge in [0.2, 0.25) is 11.8 Å². The van der Waals surface area contributed by atoms with Crippen molar-refractivity contribution < 1.29 is 13.9 Å². The summed E-state index contributed by atoms with van der Waals surface area (Å²) in [6, 6.07) is 11.4. The Bertz CT molecular complexity index is 544. The molecule has 0 bridgehead atoms. The summed E-state index contributed by atoms with van der Waals surface area (Å²) < 4.78 is 18.0. The van der Waals surface area contributed by atoms with Crippen LogP contribution in [0.15, 0.2) is 48.7 Å². The Hall–Kier alpha value is -2.43. The molecule has 4 nitrogen and oxygen atoms in total. The fraction of sp³-hybridized carbons (Fsp3) is 0.200. The molecule has 0 unspecified atom stereocenters. The fourth-order valence-electron chi connectivity index (χ4n) is 1.57. The molecule has 0 aliphatic heterocycles. The Kier molecular flexibility index (Phi) is 5.06. The van der Waals surface area contributed by atoms with E-state index >= 15 is 0 Å². The summed E-state index contributed by atoms with van der Waals surface area (Å²) >= 11 is 0. The van der Waals surface area contributed by atoms with Crippen molar-refractivity contribution in [3.8, 4) is 5.88 Å². The number of carbonyl (C=O) groups is 1. The zero-order valence-corrected chi connectivity index (χ0v) is 10.9. The van der Waals surface area contributed by atoms with E-state index in [1.807, 2.05) is 6.07 Å². The van der Waals surface area contributed by atoms with E-state index in [2.05, 4.69) is 10.3 Å². The van der Waals surface area contributed by atoms with Crippen molar-refractivity contribution in [2.24, 2.45) is 0 Å². The SMILES string of the molecule is O=C(CCOc1ccccn1)NCc1ccc(F)cc1. The lowest BCUT2D eigenvalue weighted by atomic mass is 10.2. The summed E-state index contributed by atoms with van der Waals surface area (Å²) in [4.78, 5) is 15.6. The Labute approximate surface area is 116 Å². The van der Waals surface area contributed by atoms with E-state index in [1.165, 1.54) is 12.1 Å². The molecular weight excluding hydrogens is 259 g/mol. The second-order valence-electron chi connectivity index (χ2n) is 4.17. The summed E-state index contributed by atoms with van der Waals surface area (Å²) in [6.45, 7) is 0.648. The summed E-state index contributed by atoms with van der Waals surface area (Å²) in [5.74, 6) is 0.0907. The lowest BCUT2D eigenvalue weighted by Gasteiger charge is -2.06. The van der Waals surface area contributed by atoms with E-state index in [-0.39, 0.29) is 24.8 Å². The number of ether oxygens (including phenoxy) is 1. The van der Waals surface area contributed by atoms with Gasteiger partial charge in [-0.2, -0.15) is 0 Å². The van der Waals surface area contributed by atoms with Crippen LogP contribution >= 0.6 is 0 Å². The van der Waals surface area contributed by atoms with Crippen molar-refractivity contribution in [2.45, 2.75) is 13.0 Å². The zero-order valence-electron chi connectivity index (χ0n) is 10.9. The highest BCUT2D eigenvalue weighted by molar-refractivity contribution is 5.75. The van der Waals surface area contributed by atoms with Crippen LogP contribution in [0.2, 0.25) is 0 Å². The van der Waals surface area contributed by atoms with Crippen molar-refractivity contribution in [1.29, 1.82) is 0 Å². The van der Waals surface area contributed by atoms with Crippen molar-refractivity contribution in [2.75, 3.05) is 6.61 Å². The van der Waals surface area contributed by atoms with Crippen LogP contribution in [0, 0.1) is 5.82 Å². The van der Waals surface area contributed by atoms with Gasteiger partial charge in [-0.15, -0.1) is 0 Å². The van der Waals surface area contributed by atoms with E-state index < -0.39 is 0 Å². The molecule has 0 aliphatic carbocycles. The van der Waals surface area contributed by atoms with Crippen molar-refractivity contribution in [3.05, 3.63) is 60.0 Å². The van der Waals surface area contributed by atoms with Gasteiger partial charge in [-0.3, -0.25) is 4.79 Å². The van der Waals surface area contributed by atoms with Crippen LogP contribution in [0.5, 0.6) is 5.88 Å². The first-order valence-electron chi connectivity index (χ1n) is 6.29. The van der Waals surface area contributed by atoms with Gasteiger partial charge in [-0.1, -0.05) is 18.2 Å². The number of halogens is 1. The third-order valence-electron chi connectivity index (χ3n) is 2.62. The monoisotopic (exact) mass is 274 g/mol. The number of rotatable bonds is 6. The molecule has 0 saturated heterocycles. The Balaban J connectivity index is 1.67. The first-order valence-corrected chi connectivity index (χ1v) is 6.29. The molecule has 1 aromatic heterocycles. The van der Waals surface area contributed by atoms with Gasteiger partial charge in [0.1, 0.15) is 5.82 Å². The van der Waals surface area contributed by atoms with Crippen molar-refractivity contribution in [1.82, 2.24) is 10.3 Å². The number of nitrogens with zero attached hydrogens (tertiary/aromatic N) is 1. The molecule has 0 saturated carbocycles. The normalized spacial score (nSPS) is 10.1. The largest absolute Gasteiger partial charge is 0.477 e. The number of hydrogen-bond donors (Lipinski definition) is 1. The lowest BCUT2D eigenvalue weighted by Crippen LogP contribution is -2.24. The van der Waals surface area contributed by atoms with E-state index in [1.54, 1.807) is 30.5 Å². The average Bonchev–Trinajstić information content (AvgIpc) is 2.48. The number of aromatic nitrogens is 1. The molecular formula is C15H15FN2O2. The van der Waals surface area contributed by atoms with E-state index in [4.69, 9.17) is 4.74 Å². The molecule has 20 heavy (non-hydrogen) atoms. The standard InChI is InChI=1S/C15H15FN2O2/c16-13-6-4-12(5-7-13)11-18-14(19)8-10-20-15-3-1-2-9-17-15/h1-7,9H,8,10-11H2,(H,18,19). The van der Waals surface area contributed by atoms with Crippen LogP contribution in [0.3, 0.4) is 0 Å². The second kappa shape index (κ2) is 7.23. The molecule has 1 aromatic carbocycles. The maximum Gasteiger partial charge on any atom is 0.223 e. The summed E-state index contributed by atoms with van der Waals surface area (Å²) in [5, 5.41) is 2.74. The third kappa shape index (κ3) is 4.68. The minimum Gasteiger partial charge on any atom is -0.477 e. The molecule has 5 heteroatoms. The molecule has 1 N–H and O–H groups in total. The quantitative estimate of drug-likeness (QED) is 0.879. The first kappa shape index (κ1) is 14.0. The van der Waals surface area contributed by atoms with Gasteiger partial charge in [0, 0.05) is 18.8 Å². The van der Waals surface area contributed by atoms with Crippen molar-refractivity contribution in [3.63, 3.8) is 0 Å². The average molecular weight is 274 g/mol. The zero-order chi connectivity index (χ0) is 14.2. The van der Waals surface area contributed by atoms with Crippen LogP contribution in [-0.4, -0.2) is 17.5 Å². The molecule has 0 fully saturated rings. The van der Waals surface area contributed by atoms with Gasteiger partial charge in [0.05, 0.1) is 13.0 Å². The summed E-state index contributed by atoms with van der Waals surface area (Å²) in [6.07, 6.45) is 1.88. The van der Waals surface area contributed by atoms with Gasteiger partial charge in [0.25, 0.3) is 0 Å². The predicted molar refractivity (Wildman–Crippen MR) is 72.6 cm³/mol. The Morgan fingerprint density at radius 3 is 2.70 bits per heavy atom. The minimum absolute atomic E-state index is 0.120. The molecule has 2 aromatic rings. The number of amides is 1. The smallest absolute Gasteiger partial charge is 0.223 e. The van der Waals surface area contributed by atoms with Gasteiger partial charge in [-0.05, 0) is 23.8 Å². The molecule has 2 rings (SSSR count). The maximum absolute atomic E-state index is 12.7. The van der Waals surface area contributed by atoms with Crippen LogP contribution in [-0.2, 0) is 11.3 Å². The third-order valence-corrected chi connectivity index (χ3v) is 2.62. The number of pyridine rings is 1. The number of carbonyl (C=O) groups excluding carboxylic acids is 1. The van der Waals surface area contributed by atoms with Gasteiger partial charge >= 0.3 is 0 Å². The number of nitrogens with one attached hydrogen (secondary N) is 1. The second-order valence-corrected chi connectivity index (χ2v) is 4.17. The molecule has 0 atom stereocenters. The molecule has 1 amide bonds. The highest BCUT2D eigenvalue weighted by atomic mass is 19.1. The van der Waals surface area contributed by atoms with E-state index in [9.17, 15) is 9.18 Å². The number of benzene rings is 1. The summed E-state index contributed by atoms with van der Waals surface area (Å²) in [7, 11) is 0. The maximum atomic E-state index is 12.7. The van der Waals surface area contributed by atoms with Crippen LogP contribution < -0.4 is 10.1 Å². The predicted octanol–water partition coefficient (Wildman–Crippen LogP) is 2.31. The summed E-state index contributed by atoms with van der Waals surface area (Å²) in [5.41, 5.74) is 0.852. The van der Waals surface area contributed by atoms with Crippen molar-refractivity contribution >= 4 is 5.91 Å². The van der Waals surface area contributed by atoms with Crippen LogP contribution in [0.25, 0.3) is 0 Å². The molecule has 0 spiro atoms. The van der Waals surface area contributed by atoms with Gasteiger partial charge in [-0.25, -0.2) is 9.37 Å². The highest BCUT2D eigenvalue weighted by Crippen LogP contribution is 2.04. The van der Waals surface area contributed by atoms with E-state index in [0.29, 0.717) is 12.4 Å². The molecule has 104 valence electrons. The molecule has 0 aliphatic rings. The van der Waals surface area contributed by atoms with E-state index in [0.717, 1.165) is 5.56 Å². The van der Waals surface area contributed by atoms with Gasteiger partial charge < -0.3 is 10.1 Å².